The summed E-state index contributed by atoms with van der Waals surface area (Å²) in [7, 11) is 0. The van der Waals surface area contributed by atoms with Crippen LogP contribution in [0.5, 0.6) is 0 Å². The van der Waals surface area contributed by atoms with Crippen molar-refractivity contribution in [2.45, 2.75) is 26.8 Å². The minimum Gasteiger partial charge on any atom is -0.382 e. The van der Waals surface area contributed by atoms with E-state index >= 15 is 0 Å². The van der Waals surface area contributed by atoms with E-state index in [1.165, 1.54) is 22.0 Å². The Balaban J connectivity index is 1.84. The fourth-order valence-electron chi connectivity index (χ4n) is 2.15. The van der Waals surface area contributed by atoms with Crippen LogP contribution in [0, 0.1) is 6.92 Å². The molecule has 0 unspecified atom stereocenters. The van der Waals surface area contributed by atoms with Crippen molar-refractivity contribution in [2.24, 2.45) is 0 Å². The zero-order valence-corrected chi connectivity index (χ0v) is 14.3. The number of nitrogens with two attached hydrogens (primary N) is 1. The number of nitrogen functional groups attached to an aromatic ring is 1. The smallest absolute Gasteiger partial charge is 0.148 e. The average Bonchev–Trinajstić information content (AvgIpc) is 3.16. The number of nitrogens with one attached hydrogen (secondary N) is 1. The van der Waals surface area contributed by atoms with Crippen molar-refractivity contribution in [3.05, 3.63) is 32.3 Å². The molecule has 0 spiro atoms. The van der Waals surface area contributed by atoms with E-state index in [9.17, 15) is 0 Å². The third-order valence-electron chi connectivity index (χ3n) is 3.22. The highest BCUT2D eigenvalue weighted by Crippen LogP contribution is 2.37. The molecule has 0 saturated carbocycles. The van der Waals surface area contributed by atoms with Crippen molar-refractivity contribution < 1.29 is 0 Å². The number of thiophene rings is 1. The van der Waals surface area contributed by atoms with Crippen molar-refractivity contribution in [1.82, 2.24) is 9.36 Å². The van der Waals surface area contributed by atoms with Gasteiger partial charge in [0, 0.05) is 10.3 Å². The maximum Gasteiger partial charge on any atom is 0.148 e. The quantitative estimate of drug-likeness (QED) is 0.725. The van der Waals surface area contributed by atoms with E-state index in [1.54, 1.807) is 22.7 Å². The van der Waals surface area contributed by atoms with Gasteiger partial charge in [-0.3, -0.25) is 0 Å². The van der Waals surface area contributed by atoms with Gasteiger partial charge in [-0.1, -0.05) is 6.92 Å². The second-order valence-corrected chi connectivity index (χ2v) is 7.44. The molecule has 3 aromatic rings. The molecule has 0 aromatic carbocycles. The number of anilines is 2. The predicted molar refractivity (Wildman–Crippen MR) is 93.4 cm³/mol. The zero-order valence-electron chi connectivity index (χ0n) is 11.8. The summed E-state index contributed by atoms with van der Waals surface area (Å²) in [4.78, 5) is 5.89. The average molecular weight is 337 g/mol. The fourth-order valence-corrected chi connectivity index (χ4v) is 4.38. The van der Waals surface area contributed by atoms with Crippen LogP contribution in [0.3, 0.4) is 0 Å². The first-order chi connectivity index (χ1) is 10.2. The van der Waals surface area contributed by atoms with Gasteiger partial charge in [0.15, 0.2) is 0 Å². The second-order valence-electron chi connectivity index (χ2n) is 4.60. The predicted octanol–water partition coefficient (Wildman–Crippen LogP) is 4.39. The molecule has 0 amide bonds. The summed E-state index contributed by atoms with van der Waals surface area (Å²) < 4.78 is 4.27. The van der Waals surface area contributed by atoms with Crippen molar-refractivity contribution in [3.63, 3.8) is 0 Å². The van der Waals surface area contributed by atoms with Gasteiger partial charge >= 0.3 is 0 Å². The summed E-state index contributed by atoms with van der Waals surface area (Å²) in [5, 5.41) is 9.67. The maximum atomic E-state index is 6.01. The van der Waals surface area contributed by atoms with Crippen LogP contribution in [0.25, 0.3) is 11.3 Å². The Kier molecular flexibility index (Phi) is 4.23. The van der Waals surface area contributed by atoms with Crippen LogP contribution in [0.15, 0.2) is 16.8 Å². The molecule has 0 bridgehead atoms. The number of aromatic nitrogens is 2. The first kappa shape index (κ1) is 14.5. The van der Waals surface area contributed by atoms with Crippen molar-refractivity contribution in [2.75, 3.05) is 11.1 Å². The molecule has 21 heavy (non-hydrogen) atoms. The number of thiazole rings is 1. The largest absolute Gasteiger partial charge is 0.382 e. The minimum absolute atomic E-state index is 0.551. The Labute approximate surface area is 135 Å². The second kappa shape index (κ2) is 6.13. The van der Waals surface area contributed by atoms with Gasteiger partial charge in [0.1, 0.15) is 10.8 Å². The van der Waals surface area contributed by atoms with E-state index < -0.39 is 0 Å². The van der Waals surface area contributed by atoms with Crippen LogP contribution in [0.2, 0.25) is 0 Å². The molecule has 3 rings (SSSR count). The lowest BCUT2D eigenvalue weighted by molar-refractivity contribution is 1.08. The molecule has 0 aliphatic rings. The van der Waals surface area contributed by atoms with E-state index in [1.807, 2.05) is 12.3 Å². The first-order valence-electron chi connectivity index (χ1n) is 6.65. The lowest BCUT2D eigenvalue weighted by Crippen LogP contribution is -2.00. The van der Waals surface area contributed by atoms with Crippen molar-refractivity contribution in [1.29, 1.82) is 0 Å². The van der Waals surface area contributed by atoms with Crippen LogP contribution < -0.4 is 11.1 Å². The van der Waals surface area contributed by atoms with Gasteiger partial charge in [0.2, 0.25) is 0 Å². The number of aryl methyl sites for hydroxylation is 2. The lowest BCUT2D eigenvalue weighted by atomic mass is 10.2. The van der Waals surface area contributed by atoms with Crippen molar-refractivity contribution >= 4 is 45.0 Å². The number of hydrogen-bond acceptors (Lipinski definition) is 7. The third-order valence-corrected chi connectivity index (χ3v) is 5.78. The molecular weight excluding hydrogens is 320 g/mol. The molecule has 0 aliphatic carbocycles. The van der Waals surface area contributed by atoms with Gasteiger partial charge in [-0.2, -0.15) is 4.37 Å². The minimum atomic E-state index is 0.551. The fraction of sp³-hybridized carbons (Fsp3) is 0.286. The monoisotopic (exact) mass is 336 g/mol. The van der Waals surface area contributed by atoms with Crippen LogP contribution in [-0.2, 0) is 13.0 Å². The zero-order chi connectivity index (χ0) is 14.8. The normalized spacial score (nSPS) is 11.0. The molecule has 3 aromatic heterocycles. The highest BCUT2D eigenvalue weighted by atomic mass is 32.1. The SMILES string of the molecule is CCc1ccsc1CNc1snc(N)c1-c1csc(C)n1. The molecule has 0 saturated heterocycles. The molecule has 0 fully saturated rings. The van der Waals surface area contributed by atoms with Gasteiger partial charge in [0.25, 0.3) is 0 Å². The Morgan fingerprint density at radius 3 is 2.90 bits per heavy atom. The van der Waals surface area contributed by atoms with Gasteiger partial charge in [0.05, 0.1) is 22.8 Å². The first-order valence-corrected chi connectivity index (χ1v) is 9.19. The van der Waals surface area contributed by atoms with E-state index in [-0.39, 0.29) is 0 Å². The van der Waals surface area contributed by atoms with Crippen LogP contribution >= 0.6 is 34.2 Å². The Bertz CT molecular complexity index is 741. The molecule has 4 nitrogen and oxygen atoms in total. The van der Waals surface area contributed by atoms with Gasteiger partial charge in [-0.05, 0) is 41.9 Å². The molecule has 110 valence electrons. The Morgan fingerprint density at radius 1 is 1.33 bits per heavy atom. The van der Waals surface area contributed by atoms with E-state index in [2.05, 4.69) is 33.0 Å². The molecule has 0 aliphatic heterocycles. The maximum absolute atomic E-state index is 6.01. The number of rotatable bonds is 5. The highest BCUT2D eigenvalue weighted by molar-refractivity contribution is 7.12. The summed E-state index contributed by atoms with van der Waals surface area (Å²) in [5.41, 5.74) is 9.25. The molecule has 3 N–H and O–H groups in total. The van der Waals surface area contributed by atoms with Crippen LogP contribution in [-0.4, -0.2) is 9.36 Å². The summed E-state index contributed by atoms with van der Waals surface area (Å²) in [6.07, 6.45) is 1.06. The van der Waals surface area contributed by atoms with Gasteiger partial charge in [-0.25, -0.2) is 4.98 Å². The lowest BCUT2D eigenvalue weighted by Gasteiger charge is -2.06. The van der Waals surface area contributed by atoms with Gasteiger partial charge < -0.3 is 11.1 Å². The molecule has 0 radical (unpaired) electrons. The molecule has 0 atom stereocenters. The van der Waals surface area contributed by atoms with E-state index in [0.29, 0.717) is 5.82 Å². The summed E-state index contributed by atoms with van der Waals surface area (Å²) >= 11 is 4.81. The van der Waals surface area contributed by atoms with E-state index in [4.69, 9.17) is 5.73 Å². The molecule has 7 heteroatoms. The standard InChI is InChI=1S/C14H16N4S3/c1-3-9-4-5-19-11(9)6-16-14-12(13(15)18-21-14)10-7-20-8(2)17-10/h4-5,7,16H,3,6H2,1-2H3,(H2,15,18). The summed E-state index contributed by atoms with van der Waals surface area (Å²) in [5.74, 6) is 0.551. The Morgan fingerprint density at radius 2 is 2.19 bits per heavy atom. The number of hydrogen-bond donors (Lipinski definition) is 2. The Hall–Kier alpha value is -1.44. The van der Waals surface area contributed by atoms with Crippen LogP contribution in [0.1, 0.15) is 22.4 Å². The van der Waals surface area contributed by atoms with Gasteiger partial charge in [-0.15, -0.1) is 22.7 Å². The van der Waals surface area contributed by atoms with E-state index in [0.717, 1.165) is 34.2 Å². The number of nitrogens with zero attached hydrogens (tertiary/aromatic N) is 2. The topological polar surface area (TPSA) is 63.8 Å². The third kappa shape index (κ3) is 2.95. The van der Waals surface area contributed by atoms with Crippen LogP contribution in [0.4, 0.5) is 10.8 Å². The highest BCUT2D eigenvalue weighted by Gasteiger charge is 2.16. The molecule has 3 heterocycles. The summed E-state index contributed by atoms with van der Waals surface area (Å²) in [6.45, 7) is 4.98. The summed E-state index contributed by atoms with van der Waals surface area (Å²) in [6, 6.07) is 2.19. The molecular formula is C14H16N4S3. The van der Waals surface area contributed by atoms with Crippen molar-refractivity contribution in [3.8, 4) is 11.3 Å².